The number of nitrogens with one attached hydrogen (secondary N) is 2. The van der Waals surface area contributed by atoms with Crippen molar-refractivity contribution in [2.45, 2.75) is 56.5 Å². The Morgan fingerprint density at radius 2 is 1.82 bits per heavy atom. The van der Waals surface area contributed by atoms with Gasteiger partial charge < -0.3 is 34.6 Å². The largest absolute Gasteiger partial charge is 0.378 e. The third-order valence-corrected chi connectivity index (χ3v) is 11.9. The molecular weight excluding hydrogens is 738 g/mol. The van der Waals surface area contributed by atoms with Crippen LogP contribution in [0.3, 0.4) is 0 Å². The fourth-order valence-corrected chi connectivity index (χ4v) is 8.80. The van der Waals surface area contributed by atoms with Crippen molar-refractivity contribution in [3.8, 4) is 16.9 Å². The van der Waals surface area contributed by atoms with Crippen molar-refractivity contribution in [2.24, 2.45) is 0 Å². The molecule has 1 spiro atoms. The predicted molar refractivity (Wildman–Crippen MR) is 208 cm³/mol. The zero-order chi connectivity index (χ0) is 39.2. The molecule has 6 aromatic rings. The Hall–Kier alpha value is -5.81. The van der Waals surface area contributed by atoms with Crippen molar-refractivity contribution >= 4 is 45.6 Å². The highest BCUT2D eigenvalue weighted by Gasteiger charge is 2.47. The molecule has 4 aliphatic rings. The number of ether oxygens (including phenoxy) is 1. The number of likely N-dealkylation sites (N-methyl/N-ethyl adjacent to an activating group) is 1. The third kappa shape index (κ3) is 6.19. The standard InChI is InChI=1S/C40H41F3N12O2/c1-22-46-31-15-24(42)13-27-30-5-4-6-34(48-30)47-25-16-33(38(56)51(2)19-26(57-3)20-53(22)35(27)31)54(18-25)36-28-17-45-55(32-8-7-23(41)14-29(32)43)37(28)50-39(49-36)52-12-11-44-40(21-52)9-10-40/h4-8,13-15,17,25-26,33,44H,9-12,16,18-21H2,1-3H3,(H,47,48)/t25-,26-,33-/m0/s1. The summed E-state index contributed by atoms with van der Waals surface area (Å²) in [4.78, 5) is 40.4. The average Bonchev–Trinajstić information content (AvgIpc) is 3.47. The molecule has 3 fully saturated rings. The van der Waals surface area contributed by atoms with E-state index in [1.807, 2.05) is 34.6 Å². The van der Waals surface area contributed by atoms with E-state index in [2.05, 4.69) is 25.6 Å². The van der Waals surface area contributed by atoms with E-state index in [9.17, 15) is 9.18 Å². The van der Waals surface area contributed by atoms with Crippen molar-refractivity contribution in [3.05, 3.63) is 78.0 Å². The summed E-state index contributed by atoms with van der Waals surface area (Å²) in [6.45, 7) is 4.93. The number of carbonyl (C=O) groups excluding carboxylic acids is 1. The van der Waals surface area contributed by atoms with Gasteiger partial charge in [0.1, 0.15) is 40.8 Å². The molecule has 4 aromatic heterocycles. The number of methoxy groups -OCH3 is 1. The molecule has 7 heterocycles. The Balaban J connectivity index is 1.10. The molecule has 1 saturated carbocycles. The predicted octanol–water partition coefficient (Wildman–Crippen LogP) is 4.44. The second-order valence-corrected chi connectivity index (χ2v) is 15.7. The van der Waals surface area contributed by atoms with E-state index < -0.39 is 29.6 Å². The van der Waals surface area contributed by atoms with E-state index in [4.69, 9.17) is 19.7 Å². The second-order valence-electron chi connectivity index (χ2n) is 15.7. The molecule has 1 aliphatic carbocycles. The Kier molecular flexibility index (Phi) is 8.37. The van der Waals surface area contributed by atoms with E-state index in [-0.39, 0.29) is 29.7 Å². The quantitative estimate of drug-likeness (QED) is 0.263. The lowest BCUT2D eigenvalue weighted by Gasteiger charge is -2.35. The number of aryl methyl sites for hydroxylation is 1. The Bertz CT molecular complexity index is 2570. The third-order valence-electron chi connectivity index (χ3n) is 11.9. The van der Waals surface area contributed by atoms with Gasteiger partial charge in [0.15, 0.2) is 11.5 Å². The van der Waals surface area contributed by atoms with Crippen LogP contribution in [-0.2, 0) is 16.1 Å². The summed E-state index contributed by atoms with van der Waals surface area (Å²) in [6, 6.07) is 10.9. The van der Waals surface area contributed by atoms with Crippen LogP contribution in [0.25, 0.3) is 39.0 Å². The van der Waals surface area contributed by atoms with Crippen LogP contribution < -0.4 is 20.4 Å². The number of anilines is 3. The van der Waals surface area contributed by atoms with Gasteiger partial charge in [0.2, 0.25) is 11.9 Å². The SMILES string of the molecule is CO[C@H]1CN(C)C(=O)[C@@H]2C[C@@H](CN2c2nc(N3CCNC4(CC4)C3)nc3c2cnn3-c2ccc(F)cc2F)Nc2cccc(n2)-c2cc(F)cc3nc(C)n(c23)C1. The Morgan fingerprint density at radius 3 is 2.63 bits per heavy atom. The number of hydrogen-bond donors (Lipinski definition) is 2. The molecule has 17 heteroatoms. The molecule has 3 atom stereocenters. The number of imidazole rings is 1. The van der Waals surface area contributed by atoms with E-state index >= 15 is 8.78 Å². The first-order valence-electron chi connectivity index (χ1n) is 19.2. The van der Waals surface area contributed by atoms with Crippen LogP contribution >= 0.6 is 0 Å². The van der Waals surface area contributed by atoms with E-state index in [0.717, 1.165) is 31.0 Å². The normalized spacial score (nSPS) is 22.0. The summed E-state index contributed by atoms with van der Waals surface area (Å²) >= 11 is 0. The van der Waals surface area contributed by atoms with E-state index in [1.54, 1.807) is 25.3 Å². The van der Waals surface area contributed by atoms with Crippen LogP contribution in [0.15, 0.2) is 54.7 Å². The molecule has 294 valence electrons. The van der Waals surface area contributed by atoms with Gasteiger partial charge in [0, 0.05) is 76.2 Å². The summed E-state index contributed by atoms with van der Waals surface area (Å²) in [5, 5.41) is 12.3. The van der Waals surface area contributed by atoms with Crippen molar-refractivity contribution in [2.75, 3.05) is 62.0 Å². The number of pyridine rings is 1. The Labute approximate surface area is 325 Å². The maximum atomic E-state index is 15.3. The van der Waals surface area contributed by atoms with Crippen molar-refractivity contribution < 1.29 is 22.7 Å². The lowest BCUT2D eigenvalue weighted by Crippen LogP contribution is -2.53. The number of halogens is 3. The lowest BCUT2D eigenvalue weighted by atomic mass is 10.1. The summed E-state index contributed by atoms with van der Waals surface area (Å²) in [5.41, 5.74) is 2.79. The zero-order valence-electron chi connectivity index (χ0n) is 31.7. The molecule has 0 radical (unpaired) electrons. The summed E-state index contributed by atoms with van der Waals surface area (Å²) in [6.07, 6.45) is 3.63. The topological polar surface area (TPSA) is 134 Å². The first kappa shape index (κ1) is 35.6. The second kappa shape index (κ2) is 13.4. The first-order valence-corrected chi connectivity index (χ1v) is 19.2. The summed E-state index contributed by atoms with van der Waals surface area (Å²) in [5.74, 6) is 0.116. The minimum Gasteiger partial charge on any atom is -0.378 e. The van der Waals surface area contributed by atoms with Crippen molar-refractivity contribution in [3.63, 3.8) is 0 Å². The number of nitrogens with zero attached hydrogens (tertiary/aromatic N) is 10. The molecule has 14 nitrogen and oxygen atoms in total. The molecule has 4 bridgehead atoms. The number of fused-ring (bicyclic) bond motifs is 6. The molecule has 1 amide bonds. The molecule has 2 aromatic carbocycles. The van der Waals surface area contributed by atoms with Gasteiger partial charge in [0.05, 0.1) is 41.0 Å². The van der Waals surface area contributed by atoms with E-state index in [0.29, 0.717) is 83.8 Å². The van der Waals surface area contributed by atoms with Crippen LogP contribution in [0.1, 0.15) is 25.1 Å². The van der Waals surface area contributed by atoms with E-state index in [1.165, 1.54) is 28.9 Å². The number of hydrogen-bond acceptors (Lipinski definition) is 11. The van der Waals surface area contributed by atoms with Crippen LogP contribution in [0, 0.1) is 24.4 Å². The number of aromatic nitrogens is 7. The van der Waals surface area contributed by atoms with Gasteiger partial charge in [-0.3, -0.25) is 4.79 Å². The minimum absolute atomic E-state index is 0.000763. The lowest BCUT2D eigenvalue weighted by molar-refractivity contribution is -0.132. The fourth-order valence-electron chi connectivity index (χ4n) is 8.80. The molecular formula is C40H41F3N12O2. The average molecular weight is 779 g/mol. The maximum Gasteiger partial charge on any atom is 0.245 e. The maximum absolute atomic E-state index is 15.3. The van der Waals surface area contributed by atoms with Crippen molar-refractivity contribution in [1.82, 2.24) is 44.5 Å². The molecule has 10 rings (SSSR count). The molecule has 2 N–H and O–H groups in total. The molecule has 3 aliphatic heterocycles. The monoisotopic (exact) mass is 778 g/mol. The van der Waals surface area contributed by atoms with Gasteiger partial charge in [-0.15, -0.1) is 0 Å². The van der Waals surface area contributed by atoms with Crippen molar-refractivity contribution in [1.29, 1.82) is 0 Å². The highest BCUT2D eigenvalue weighted by molar-refractivity contribution is 5.94. The van der Waals surface area contributed by atoms with Gasteiger partial charge in [-0.2, -0.15) is 15.1 Å². The zero-order valence-corrected chi connectivity index (χ0v) is 31.7. The smallest absolute Gasteiger partial charge is 0.245 e. The fraction of sp³-hybridized carbons (Fsp3) is 0.400. The van der Waals surface area contributed by atoms with Crippen LogP contribution in [-0.4, -0.2) is 116 Å². The van der Waals surface area contributed by atoms with Gasteiger partial charge >= 0.3 is 0 Å². The number of piperazine rings is 1. The number of benzene rings is 2. The summed E-state index contributed by atoms with van der Waals surface area (Å²) in [7, 11) is 3.38. The van der Waals surface area contributed by atoms with Gasteiger partial charge in [-0.1, -0.05) is 6.07 Å². The van der Waals surface area contributed by atoms with Crippen LogP contribution in [0.4, 0.5) is 30.8 Å². The number of rotatable bonds is 4. The molecule has 57 heavy (non-hydrogen) atoms. The molecule has 0 unspecified atom stereocenters. The number of carbonyl (C=O) groups is 1. The van der Waals surface area contributed by atoms with Gasteiger partial charge in [0.25, 0.3) is 0 Å². The number of amides is 1. The van der Waals surface area contributed by atoms with Crippen LogP contribution in [0.2, 0.25) is 0 Å². The molecule has 2 saturated heterocycles. The van der Waals surface area contributed by atoms with Crippen LogP contribution in [0.5, 0.6) is 0 Å². The summed E-state index contributed by atoms with van der Waals surface area (Å²) < 4.78 is 53.9. The highest BCUT2D eigenvalue weighted by atomic mass is 19.1. The van der Waals surface area contributed by atoms with Gasteiger partial charge in [-0.25, -0.2) is 27.8 Å². The highest BCUT2D eigenvalue weighted by Crippen LogP contribution is 2.40. The minimum atomic E-state index is -0.784. The first-order chi connectivity index (χ1) is 27.6. The Morgan fingerprint density at radius 1 is 0.965 bits per heavy atom. The van der Waals surface area contributed by atoms with Gasteiger partial charge in [-0.05, 0) is 56.5 Å².